The first-order chi connectivity index (χ1) is 13.0. The minimum Gasteiger partial charge on any atom is -0.365 e. The van der Waals surface area contributed by atoms with Crippen LogP contribution in [-0.4, -0.2) is 43.8 Å². The number of para-hydroxylation sites is 1. The van der Waals surface area contributed by atoms with Crippen LogP contribution in [0.2, 0.25) is 0 Å². The van der Waals surface area contributed by atoms with Crippen molar-refractivity contribution >= 4 is 35.6 Å². The average molecular weight is 505 g/mol. The summed E-state index contributed by atoms with van der Waals surface area (Å²) in [5.41, 5.74) is 2.04. The lowest BCUT2D eigenvalue weighted by Crippen LogP contribution is -2.45. The molecule has 3 rings (SSSR count). The number of anilines is 1. The number of hydrogen-bond acceptors (Lipinski definition) is 4. The van der Waals surface area contributed by atoms with E-state index in [1.165, 1.54) is 18.2 Å². The van der Waals surface area contributed by atoms with Gasteiger partial charge < -0.3 is 20.1 Å². The van der Waals surface area contributed by atoms with Gasteiger partial charge in [0.2, 0.25) is 0 Å². The highest BCUT2D eigenvalue weighted by molar-refractivity contribution is 14.0. The van der Waals surface area contributed by atoms with Crippen LogP contribution in [0.15, 0.2) is 27.7 Å². The molecule has 1 aromatic carbocycles. The van der Waals surface area contributed by atoms with Crippen LogP contribution >= 0.6 is 24.0 Å². The minimum atomic E-state index is -0.530. The van der Waals surface area contributed by atoms with Gasteiger partial charge in [0.25, 0.3) is 0 Å². The van der Waals surface area contributed by atoms with E-state index in [4.69, 9.17) is 4.52 Å². The van der Waals surface area contributed by atoms with Crippen molar-refractivity contribution in [1.82, 2.24) is 15.8 Å². The molecular weight excluding hydrogens is 479 g/mol. The van der Waals surface area contributed by atoms with E-state index in [0.717, 1.165) is 29.9 Å². The third kappa shape index (κ3) is 5.12. The molecule has 1 atom stereocenters. The smallest absolute Gasteiger partial charge is 0.191 e. The highest BCUT2D eigenvalue weighted by atomic mass is 127. The third-order valence-corrected chi connectivity index (χ3v) is 4.86. The topological polar surface area (TPSA) is 65.7 Å². The van der Waals surface area contributed by atoms with Crippen molar-refractivity contribution in [2.45, 2.75) is 32.7 Å². The summed E-state index contributed by atoms with van der Waals surface area (Å²) in [6.07, 6.45) is 1.55. The molecular formula is C19H26F2IN5O. The monoisotopic (exact) mass is 505 g/mol. The van der Waals surface area contributed by atoms with Crippen LogP contribution in [0.3, 0.4) is 0 Å². The van der Waals surface area contributed by atoms with E-state index >= 15 is 0 Å². The van der Waals surface area contributed by atoms with Gasteiger partial charge in [-0.3, -0.25) is 4.99 Å². The molecule has 9 heteroatoms. The Morgan fingerprint density at radius 1 is 1.32 bits per heavy atom. The summed E-state index contributed by atoms with van der Waals surface area (Å²) in [5.74, 6) is 0.438. The molecule has 2 N–H and O–H groups in total. The molecule has 1 saturated heterocycles. The summed E-state index contributed by atoms with van der Waals surface area (Å²) in [7, 11) is 1.70. The largest absolute Gasteiger partial charge is 0.365 e. The molecule has 0 spiro atoms. The van der Waals surface area contributed by atoms with Gasteiger partial charge in [0.1, 0.15) is 23.1 Å². The fraction of sp³-hybridized carbons (Fsp3) is 0.474. The summed E-state index contributed by atoms with van der Waals surface area (Å²) < 4.78 is 33.1. The predicted octanol–water partition coefficient (Wildman–Crippen LogP) is 3.17. The molecule has 28 heavy (non-hydrogen) atoms. The summed E-state index contributed by atoms with van der Waals surface area (Å²) in [6, 6.07) is 4.02. The number of nitrogens with zero attached hydrogens (tertiary/aromatic N) is 3. The number of guanidine groups is 1. The van der Waals surface area contributed by atoms with E-state index in [0.29, 0.717) is 25.6 Å². The van der Waals surface area contributed by atoms with Crippen LogP contribution in [-0.2, 0) is 6.42 Å². The molecule has 1 aliphatic heterocycles. The number of aryl methyl sites for hydroxylation is 2. The van der Waals surface area contributed by atoms with Crippen LogP contribution < -0.4 is 15.5 Å². The molecule has 6 nitrogen and oxygen atoms in total. The van der Waals surface area contributed by atoms with Crippen LogP contribution in [0.1, 0.15) is 23.4 Å². The lowest BCUT2D eigenvalue weighted by atomic mass is 10.1. The predicted molar refractivity (Wildman–Crippen MR) is 117 cm³/mol. The number of rotatable bonds is 5. The Morgan fingerprint density at radius 3 is 2.64 bits per heavy atom. The lowest BCUT2D eigenvalue weighted by molar-refractivity contribution is 0.392. The first-order valence-corrected chi connectivity index (χ1v) is 9.07. The van der Waals surface area contributed by atoms with Gasteiger partial charge in [-0.05, 0) is 38.8 Å². The van der Waals surface area contributed by atoms with Crippen molar-refractivity contribution in [3.8, 4) is 0 Å². The molecule has 0 amide bonds. The zero-order valence-corrected chi connectivity index (χ0v) is 18.6. The van der Waals surface area contributed by atoms with Gasteiger partial charge >= 0.3 is 0 Å². The van der Waals surface area contributed by atoms with Crippen LogP contribution in [0.5, 0.6) is 0 Å². The van der Waals surface area contributed by atoms with Gasteiger partial charge in [-0.1, -0.05) is 11.2 Å². The van der Waals surface area contributed by atoms with Crippen LogP contribution in [0.4, 0.5) is 14.5 Å². The maximum absolute atomic E-state index is 14.0. The maximum atomic E-state index is 14.0. The Hall–Kier alpha value is -1.91. The molecule has 1 fully saturated rings. The summed E-state index contributed by atoms with van der Waals surface area (Å²) in [4.78, 5) is 5.97. The summed E-state index contributed by atoms with van der Waals surface area (Å²) in [5, 5.41) is 10.5. The molecule has 2 aromatic rings. The van der Waals surface area contributed by atoms with Gasteiger partial charge in [-0.2, -0.15) is 0 Å². The Bertz CT molecular complexity index is 787. The fourth-order valence-corrected chi connectivity index (χ4v) is 3.43. The standard InChI is InChI=1S/C19H25F2N5O.HI/c1-12-15(13(2)27-25-12)7-9-23-19(22-3)24-14-8-10-26(11-14)18-16(20)5-4-6-17(18)21;/h4-6,14H,7-11H2,1-3H3,(H2,22,23,24);1H. The zero-order valence-electron chi connectivity index (χ0n) is 16.3. The van der Waals surface area contributed by atoms with Crippen molar-refractivity contribution < 1.29 is 13.3 Å². The molecule has 0 radical (unpaired) electrons. The summed E-state index contributed by atoms with van der Waals surface area (Å²) >= 11 is 0. The SMILES string of the molecule is CN=C(NCCc1c(C)noc1C)NC1CCN(c2c(F)cccc2F)C1.I. The van der Waals surface area contributed by atoms with Crippen LogP contribution in [0.25, 0.3) is 0 Å². The van der Waals surface area contributed by atoms with E-state index in [1.54, 1.807) is 11.9 Å². The van der Waals surface area contributed by atoms with E-state index in [1.807, 2.05) is 13.8 Å². The van der Waals surface area contributed by atoms with Crippen molar-refractivity contribution in [2.24, 2.45) is 4.99 Å². The van der Waals surface area contributed by atoms with Gasteiger partial charge in [0, 0.05) is 38.3 Å². The normalized spacial score (nSPS) is 16.8. The number of nitrogens with one attached hydrogen (secondary N) is 2. The van der Waals surface area contributed by atoms with Gasteiger partial charge in [-0.25, -0.2) is 8.78 Å². The molecule has 154 valence electrons. The van der Waals surface area contributed by atoms with Gasteiger partial charge in [-0.15, -0.1) is 24.0 Å². The van der Waals surface area contributed by atoms with Gasteiger partial charge in [0.15, 0.2) is 5.96 Å². The second-order valence-electron chi connectivity index (χ2n) is 6.70. The second kappa shape index (κ2) is 10.0. The number of aromatic nitrogens is 1. The van der Waals surface area contributed by atoms with Crippen molar-refractivity contribution in [3.05, 3.63) is 46.9 Å². The highest BCUT2D eigenvalue weighted by Gasteiger charge is 2.27. The molecule has 1 aliphatic rings. The Morgan fingerprint density at radius 2 is 2.04 bits per heavy atom. The molecule has 1 aromatic heterocycles. The molecule has 0 saturated carbocycles. The average Bonchev–Trinajstić information content (AvgIpc) is 3.22. The highest BCUT2D eigenvalue weighted by Crippen LogP contribution is 2.26. The Balaban J connectivity index is 0.00000280. The molecule has 2 heterocycles. The lowest BCUT2D eigenvalue weighted by Gasteiger charge is -2.21. The third-order valence-electron chi connectivity index (χ3n) is 4.86. The van der Waals surface area contributed by atoms with Crippen LogP contribution in [0, 0.1) is 25.5 Å². The van der Waals surface area contributed by atoms with Crippen molar-refractivity contribution in [2.75, 3.05) is 31.6 Å². The van der Waals surface area contributed by atoms with E-state index in [9.17, 15) is 8.78 Å². The summed E-state index contributed by atoms with van der Waals surface area (Å²) in [6.45, 7) is 5.61. The van der Waals surface area contributed by atoms with E-state index < -0.39 is 11.6 Å². The first-order valence-electron chi connectivity index (χ1n) is 9.07. The number of benzene rings is 1. The van der Waals surface area contributed by atoms with E-state index in [2.05, 4.69) is 20.8 Å². The maximum Gasteiger partial charge on any atom is 0.191 e. The van der Waals surface area contributed by atoms with Gasteiger partial charge in [0.05, 0.1) is 5.69 Å². The molecule has 0 aliphatic carbocycles. The Kier molecular flexibility index (Phi) is 8.02. The van der Waals surface area contributed by atoms with E-state index in [-0.39, 0.29) is 35.7 Å². The zero-order chi connectivity index (χ0) is 19.4. The quantitative estimate of drug-likeness (QED) is 0.372. The second-order valence-corrected chi connectivity index (χ2v) is 6.70. The molecule has 0 bridgehead atoms. The van der Waals surface area contributed by atoms with Crippen molar-refractivity contribution in [3.63, 3.8) is 0 Å². The number of halogens is 3. The Labute approximate surface area is 180 Å². The number of hydrogen-bond donors (Lipinski definition) is 2. The minimum absolute atomic E-state index is 0. The van der Waals surface area contributed by atoms with Crippen molar-refractivity contribution in [1.29, 1.82) is 0 Å². The molecule has 1 unspecified atom stereocenters. The number of aliphatic imine (C=N–C) groups is 1. The first kappa shape index (κ1) is 22.4. The fourth-order valence-electron chi connectivity index (χ4n) is 3.43.